The molecular formula is C23H32. The molecule has 0 heteroatoms. The largest absolute Gasteiger partial charge is 0.0599 e. The minimum absolute atomic E-state index is 0.337. The Kier molecular flexibility index (Phi) is 5.34. The van der Waals surface area contributed by atoms with Crippen molar-refractivity contribution in [3.05, 3.63) is 59.2 Å². The zero-order valence-electron chi connectivity index (χ0n) is 15.9. The zero-order valence-corrected chi connectivity index (χ0v) is 15.9. The van der Waals surface area contributed by atoms with E-state index >= 15 is 0 Å². The van der Waals surface area contributed by atoms with Crippen LogP contribution in [-0.4, -0.2) is 0 Å². The molecule has 0 radical (unpaired) electrons. The van der Waals surface area contributed by atoms with Crippen molar-refractivity contribution in [2.24, 2.45) is 5.41 Å². The third-order valence-electron chi connectivity index (χ3n) is 4.33. The van der Waals surface area contributed by atoms with Crippen LogP contribution in [0, 0.1) is 5.41 Å². The molecule has 2 aromatic carbocycles. The van der Waals surface area contributed by atoms with Crippen LogP contribution in [0.25, 0.3) is 11.1 Å². The highest BCUT2D eigenvalue weighted by Gasteiger charge is 2.12. The molecular weight excluding hydrogens is 276 g/mol. The van der Waals surface area contributed by atoms with E-state index in [0.717, 1.165) is 6.42 Å². The first-order valence-electron chi connectivity index (χ1n) is 8.90. The molecule has 124 valence electrons. The van der Waals surface area contributed by atoms with E-state index in [9.17, 15) is 0 Å². The number of benzene rings is 2. The molecule has 2 aromatic rings. The van der Waals surface area contributed by atoms with Gasteiger partial charge in [-0.15, -0.1) is 0 Å². The van der Waals surface area contributed by atoms with Gasteiger partial charge in [-0.2, -0.15) is 0 Å². The average molecular weight is 309 g/mol. The maximum Gasteiger partial charge on any atom is -0.0178 e. The first kappa shape index (κ1) is 17.8. The van der Waals surface area contributed by atoms with Crippen LogP contribution >= 0.6 is 0 Å². The van der Waals surface area contributed by atoms with E-state index in [1.807, 2.05) is 0 Å². The minimum Gasteiger partial charge on any atom is -0.0599 e. The molecule has 0 saturated heterocycles. The van der Waals surface area contributed by atoms with Crippen molar-refractivity contribution in [3.8, 4) is 11.1 Å². The van der Waals surface area contributed by atoms with Gasteiger partial charge < -0.3 is 0 Å². The second-order valence-corrected chi connectivity index (χ2v) is 8.63. The molecule has 0 unspecified atom stereocenters. The molecule has 0 spiro atoms. The summed E-state index contributed by atoms with van der Waals surface area (Å²) in [6.07, 6.45) is 1.12. The number of rotatable bonds is 4. The fourth-order valence-corrected chi connectivity index (χ4v) is 2.94. The Morgan fingerprint density at radius 3 is 1.57 bits per heavy atom. The summed E-state index contributed by atoms with van der Waals surface area (Å²) in [5, 5.41) is 0. The molecule has 0 nitrogen and oxygen atoms in total. The molecule has 0 N–H and O–H groups in total. The molecule has 0 fully saturated rings. The van der Waals surface area contributed by atoms with Crippen molar-refractivity contribution in [1.29, 1.82) is 0 Å². The van der Waals surface area contributed by atoms with Crippen LogP contribution in [0.15, 0.2) is 42.5 Å². The number of hydrogen-bond acceptors (Lipinski definition) is 0. The summed E-state index contributed by atoms with van der Waals surface area (Å²) in [7, 11) is 0. The summed E-state index contributed by atoms with van der Waals surface area (Å²) in [6, 6.07) is 16.2. The molecule has 0 heterocycles. The Labute approximate surface area is 143 Å². The summed E-state index contributed by atoms with van der Waals surface area (Å²) in [5.74, 6) is 1.13. The highest BCUT2D eigenvalue weighted by Crippen LogP contribution is 2.30. The third kappa shape index (κ3) is 4.96. The van der Waals surface area contributed by atoms with Crippen LogP contribution < -0.4 is 0 Å². The van der Waals surface area contributed by atoms with E-state index in [1.54, 1.807) is 0 Å². The zero-order chi connectivity index (χ0) is 17.2. The Hall–Kier alpha value is -1.56. The molecule has 0 aromatic heterocycles. The van der Waals surface area contributed by atoms with Crippen LogP contribution in [0.2, 0.25) is 0 Å². The lowest BCUT2D eigenvalue weighted by atomic mass is 9.87. The predicted molar refractivity (Wildman–Crippen MR) is 103 cm³/mol. The molecule has 0 amide bonds. The topological polar surface area (TPSA) is 0 Å². The predicted octanol–water partition coefficient (Wildman–Crippen LogP) is 7.19. The average Bonchev–Trinajstić information content (AvgIpc) is 2.45. The SMILES string of the molecule is CC(C)c1cc(-c2ccc(CC(C)(C)C)cc2)cc(C(C)C)c1. The maximum atomic E-state index is 2.37. The number of hydrogen-bond donors (Lipinski definition) is 0. The summed E-state index contributed by atoms with van der Waals surface area (Å²) >= 11 is 0. The Morgan fingerprint density at radius 2 is 1.17 bits per heavy atom. The van der Waals surface area contributed by atoms with Gasteiger partial charge in [0.15, 0.2) is 0 Å². The van der Waals surface area contributed by atoms with Gasteiger partial charge in [0.05, 0.1) is 0 Å². The van der Waals surface area contributed by atoms with Crippen LogP contribution in [0.3, 0.4) is 0 Å². The Balaban J connectivity index is 2.37. The van der Waals surface area contributed by atoms with Crippen molar-refractivity contribution in [2.75, 3.05) is 0 Å². The lowest BCUT2D eigenvalue weighted by Gasteiger charge is -2.18. The standard InChI is InChI=1S/C23H32/c1-16(2)20-12-21(17(3)4)14-22(13-20)19-10-8-18(9-11-19)15-23(5,6)7/h8-14,16-17H,15H2,1-7H3. The van der Waals surface area contributed by atoms with Gasteiger partial charge in [0.1, 0.15) is 0 Å². The lowest BCUT2D eigenvalue weighted by Crippen LogP contribution is -2.08. The van der Waals surface area contributed by atoms with E-state index in [-0.39, 0.29) is 0 Å². The molecule has 0 atom stereocenters. The quantitative estimate of drug-likeness (QED) is 0.560. The van der Waals surface area contributed by atoms with Gasteiger partial charge in [-0.1, -0.05) is 90.9 Å². The highest BCUT2D eigenvalue weighted by molar-refractivity contribution is 5.66. The second-order valence-electron chi connectivity index (χ2n) is 8.63. The second kappa shape index (κ2) is 6.91. The Bertz CT molecular complexity index is 610. The van der Waals surface area contributed by atoms with Crippen molar-refractivity contribution in [1.82, 2.24) is 0 Å². The van der Waals surface area contributed by atoms with Gasteiger partial charge in [-0.25, -0.2) is 0 Å². The van der Waals surface area contributed by atoms with Gasteiger partial charge in [-0.05, 0) is 51.5 Å². The van der Waals surface area contributed by atoms with E-state index in [1.165, 1.54) is 27.8 Å². The lowest BCUT2D eigenvalue weighted by molar-refractivity contribution is 0.411. The van der Waals surface area contributed by atoms with Crippen molar-refractivity contribution < 1.29 is 0 Å². The highest BCUT2D eigenvalue weighted by atomic mass is 14.2. The summed E-state index contributed by atoms with van der Waals surface area (Å²) in [4.78, 5) is 0. The van der Waals surface area contributed by atoms with Crippen LogP contribution in [0.5, 0.6) is 0 Å². The van der Waals surface area contributed by atoms with Gasteiger partial charge in [0.25, 0.3) is 0 Å². The fraction of sp³-hybridized carbons (Fsp3) is 0.478. The van der Waals surface area contributed by atoms with Crippen molar-refractivity contribution in [3.63, 3.8) is 0 Å². The van der Waals surface area contributed by atoms with Gasteiger partial charge in [0, 0.05) is 0 Å². The summed E-state index contributed by atoms with van der Waals surface area (Å²) in [6.45, 7) is 16.0. The molecule has 0 bridgehead atoms. The van der Waals surface area contributed by atoms with Gasteiger partial charge >= 0.3 is 0 Å². The minimum atomic E-state index is 0.337. The molecule has 2 rings (SSSR count). The normalized spacial score (nSPS) is 12.2. The van der Waals surface area contributed by atoms with Crippen LogP contribution in [0.1, 0.15) is 77.0 Å². The van der Waals surface area contributed by atoms with E-state index in [2.05, 4.69) is 90.9 Å². The smallest absolute Gasteiger partial charge is 0.0178 e. The third-order valence-corrected chi connectivity index (χ3v) is 4.33. The van der Waals surface area contributed by atoms with E-state index in [4.69, 9.17) is 0 Å². The monoisotopic (exact) mass is 308 g/mol. The van der Waals surface area contributed by atoms with Crippen molar-refractivity contribution >= 4 is 0 Å². The molecule has 0 saturated carbocycles. The maximum absolute atomic E-state index is 2.37. The van der Waals surface area contributed by atoms with Crippen LogP contribution in [0.4, 0.5) is 0 Å². The summed E-state index contributed by atoms with van der Waals surface area (Å²) < 4.78 is 0. The molecule has 0 aliphatic heterocycles. The first-order chi connectivity index (χ1) is 10.7. The van der Waals surface area contributed by atoms with Crippen molar-refractivity contribution in [2.45, 2.75) is 66.7 Å². The Morgan fingerprint density at radius 1 is 0.696 bits per heavy atom. The fourth-order valence-electron chi connectivity index (χ4n) is 2.94. The molecule has 0 aliphatic rings. The first-order valence-corrected chi connectivity index (χ1v) is 8.90. The van der Waals surface area contributed by atoms with Gasteiger partial charge in [0.2, 0.25) is 0 Å². The summed E-state index contributed by atoms with van der Waals surface area (Å²) in [5.41, 5.74) is 7.30. The van der Waals surface area contributed by atoms with E-state index in [0.29, 0.717) is 17.3 Å². The molecule has 0 aliphatic carbocycles. The van der Waals surface area contributed by atoms with Crippen LogP contribution in [-0.2, 0) is 6.42 Å². The van der Waals surface area contributed by atoms with Gasteiger partial charge in [-0.3, -0.25) is 0 Å². The van der Waals surface area contributed by atoms with E-state index < -0.39 is 0 Å². The molecule has 23 heavy (non-hydrogen) atoms.